The van der Waals surface area contributed by atoms with Gasteiger partial charge in [0.15, 0.2) is 0 Å². The normalized spacial score (nSPS) is 10.4. The second-order valence-electron chi connectivity index (χ2n) is 4.96. The number of hydrogen-bond donors (Lipinski definition) is 3. The first-order valence-corrected chi connectivity index (χ1v) is 7.00. The van der Waals surface area contributed by atoms with Crippen LogP contribution in [-0.4, -0.2) is 17.6 Å². The van der Waals surface area contributed by atoms with Gasteiger partial charge in [-0.05, 0) is 43.3 Å². The lowest BCUT2D eigenvalue weighted by Crippen LogP contribution is -2.14. The van der Waals surface area contributed by atoms with Gasteiger partial charge >= 0.3 is 0 Å². The first-order chi connectivity index (χ1) is 10.1. The summed E-state index contributed by atoms with van der Waals surface area (Å²) in [5, 5.41) is 15.8. The van der Waals surface area contributed by atoms with E-state index < -0.39 is 0 Å². The van der Waals surface area contributed by atoms with Crippen molar-refractivity contribution in [2.24, 2.45) is 0 Å². The van der Waals surface area contributed by atoms with E-state index in [-0.39, 0.29) is 17.2 Å². The highest BCUT2D eigenvalue weighted by atomic mass is 16.3. The number of phenols is 1. The fraction of sp³-hybridized carbons (Fsp3) is 0.235. The van der Waals surface area contributed by atoms with Crippen LogP contribution in [0.4, 0.5) is 5.69 Å². The number of carbonyl (C=O) groups excluding carboxylic acids is 1. The maximum atomic E-state index is 12.2. The van der Waals surface area contributed by atoms with Crippen LogP contribution in [0.5, 0.6) is 5.75 Å². The Kier molecular flexibility index (Phi) is 4.95. The molecule has 110 valence electrons. The van der Waals surface area contributed by atoms with Gasteiger partial charge in [-0.25, -0.2) is 0 Å². The third kappa shape index (κ3) is 4.07. The van der Waals surface area contributed by atoms with Gasteiger partial charge in [0.05, 0.1) is 5.56 Å². The van der Waals surface area contributed by atoms with E-state index in [9.17, 15) is 9.90 Å². The van der Waals surface area contributed by atoms with Gasteiger partial charge in [0.1, 0.15) is 5.75 Å². The zero-order valence-corrected chi connectivity index (χ0v) is 12.3. The fourth-order valence-electron chi connectivity index (χ4n) is 2.06. The monoisotopic (exact) mass is 284 g/mol. The van der Waals surface area contributed by atoms with Gasteiger partial charge in [0.2, 0.25) is 0 Å². The second kappa shape index (κ2) is 6.90. The summed E-state index contributed by atoms with van der Waals surface area (Å²) in [5.41, 5.74) is 3.03. The number of nitrogens with one attached hydrogen (secondary N) is 2. The summed E-state index contributed by atoms with van der Waals surface area (Å²) in [7, 11) is 0. The minimum atomic E-state index is -0.309. The zero-order chi connectivity index (χ0) is 15.2. The van der Waals surface area contributed by atoms with Crippen LogP contribution in [0.2, 0.25) is 0 Å². The molecule has 2 rings (SSSR count). The average molecular weight is 284 g/mol. The molecule has 0 aliphatic heterocycles. The van der Waals surface area contributed by atoms with Crippen molar-refractivity contribution >= 4 is 11.6 Å². The van der Waals surface area contributed by atoms with Crippen molar-refractivity contribution < 1.29 is 9.90 Å². The third-order valence-electron chi connectivity index (χ3n) is 3.16. The van der Waals surface area contributed by atoms with Crippen molar-refractivity contribution in [2.75, 3.05) is 11.9 Å². The maximum Gasteiger partial charge on any atom is 0.259 e. The number of aromatic hydroxyl groups is 1. The van der Waals surface area contributed by atoms with Crippen LogP contribution in [0.15, 0.2) is 42.5 Å². The number of hydrogen-bond acceptors (Lipinski definition) is 3. The van der Waals surface area contributed by atoms with Gasteiger partial charge < -0.3 is 15.7 Å². The first kappa shape index (κ1) is 15.1. The number of phenolic OH excluding ortho intramolecular Hbond substituents is 1. The van der Waals surface area contributed by atoms with Crippen LogP contribution in [0.1, 0.15) is 28.4 Å². The summed E-state index contributed by atoms with van der Waals surface area (Å²) >= 11 is 0. The highest BCUT2D eigenvalue weighted by molar-refractivity contribution is 6.06. The Balaban J connectivity index is 2.14. The summed E-state index contributed by atoms with van der Waals surface area (Å²) < 4.78 is 0. The van der Waals surface area contributed by atoms with Crippen LogP contribution in [0.3, 0.4) is 0 Å². The lowest BCUT2D eigenvalue weighted by atomic mass is 10.1. The van der Waals surface area contributed by atoms with E-state index in [4.69, 9.17) is 0 Å². The van der Waals surface area contributed by atoms with Gasteiger partial charge in [-0.2, -0.15) is 0 Å². The van der Waals surface area contributed by atoms with E-state index in [0.717, 1.165) is 29.9 Å². The van der Waals surface area contributed by atoms with E-state index in [1.165, 1.54) is 6.07 Å². The lowest BCUT2D eigenvalue weighted by Gasteiger charge is -2.09. The van der Waals surface area contributed by atoms with Crippen LogP contribution in [0, 0.1) is 6.92 Å². The van der Waals surface area contributed by atoms with E-state index >= 15 is 0 Å². The smallest absolute Gasteiger partial charge is 0.259 e. The van der Waals surface area contributed by atoms with Crippen LogP contribution in [-0.2, 0) is 6.54 Å². The fourth-order valence-corrected chi connectivity index (χ4v) is 2.06. The van der Waals surface area contributed by atoms with Gasteiger partial charge in [0, 0.05) is 12.2 Å². The molecule has 0 fully saturated rings. The second-order valence-corrected chi connectivity index (χ2v) is 4.96. The lowest BCUT2D eigenvalue weighted by molar-refractivity contribution is 0.102. The summed E-state index contributed by atoms with van der Waals surface area (Å²) in [4.78, 5) is 12.2. The minimum absolute atomic E-state index is 0.0121. The van der Waals surface area contributed by atoms with Crippen molar-refractivity contribution in [3.8, 4) is 5.75 Å². The molecule has 2 aromatic carbocycles. The summed E-state index contributed by atoms with van der Waals surface area (Å²) in [6, 6.07) is 12.6. The molecular weight excluding hydrogens is 264 g/mol. The molecule has 0 bridgehead atoms. The Morgan fingerprint density at radius 3 is 2.76 bits per heavy atom. The predicted octanol–water partition coefficient (Wildman–Crippen LogP) is 3.06. The SMILES string of the molecule is CCNCc1cccc(NC(=O)c2cc(C)ccc2O)c1. The van der Waals surface area contributed by atoms with Gasteiger partial charge in [-0.15, -0.1) is 0 Å². The van der Waals surface area contributed by atoms with Crippen LogP contribution < -0.4 is 10.6 Å². The van der Waals surface area contributed by atoms with E-state index in [2.05, 4.69) is 10.6 Å². The van der Waals surface area contributed by atoms with Crippen LogP contribution >= 0.6 is 0 Å². The standard InChI is InChI=1S/C17H20N2O2/c1-3-18-11-13-5-4-6-14(10-13)19-17(21)15-9-12(2)7-8-16(15)20/h4-10,18,20H,3,11H2,1-2H3,(H,19,21). The molecule has 0 aliphatic carbocycles. The van der Waals surface area contributed by atoms with Crippen molar-refractivity contribution in [1.29, 1.82) is 0 Å². The molecule has 0 radical (unpaired) electrons. The molecule has 0 atom stereocenters. The maximum absolute atomic E-state index is 12.2. The number of anilines is 1. The molecule has 0 spiro atoms. The van der Waals surface area contributed by atoms with Gasteiger partial charge in [-0.1, -0.05) is 30.7 Å². The Morgan fingerprint density at radius 1 is 1.19 bits per heavy atom. The van der Waals surface area contributed by atoms with E-state index in [0.29, 0.717) is 0 Å². The highest BCUT2D eigenvalue weighted by Crippen LogP contribution is 2.20. The number of benzene rings is 2. The number of carbonyl (C=O) groups is 1. The molecule has 2 aromatic rings. The molecule has 0 aliphatic rings. The summed E-state index contributed by atoms with van der Waals surface area (Å²) in [6.45, 7) is 5.59. The average Bonchev–Trinajstić information content (AvgIpc) is 2.48. The quantitative estimate of drug-likeness (QED) is 0.790. The van der Waals surface area contributed by atoms with E-state index in [1.807, 2.05) is 38.1 Å². The summed E-state index contributed by atoms with van der Waals surface area (Å²) in [6.07, 6.45) is 0. The molecule has 0 saturated heterocycles. The molecule has 0 unspecified atom stereocenters. The molecule has 4 nitrogen and oxygen atoms in total. The minimum Gasteiger partial charge on any atom is -0.507 e. The Bertz CT molecular complexity index is 638. The van der Waals surface area contributed by atoms with Gasteiger partial charge in [-0.3, -0.25) is 4.79 Å². The Labute approximate surface area is 124 Å². The largest absolute Gasteiger partial charge is 0.507 e. The van der Waals surface area contributed by atoms with E-state index in [1.54, 1.807) is 12.1 Å². The topological polar surface area (TPSA) is 61.4 Å². The molecule has 4 heteroatoms. The number of aryl methyl sites for hydroxylation is 1. The number of amides is 1. The highest BCUT2D eigenvalue weighted by Gasteiger charge is 2.11. The van der Waals surface area contributed by atoms with Crippen molar-refractivity contribution in [3.63, 3.8) is 0 Å². The molecule has 1 amide bonds. The molecule has 0 aromatic heterocycles. The molecular formula is C17H20N2O2. The molecule has 0 saturated carbocycles. The van der Waals surface area contributed by atoms with Crippen molar-refractivity contribution in [2.45, 2.75) is 20.4 Å². The predicted molar refractivity (Wildman–Crippen MR) is 84.6 cm³/mol. The molecule has 3 N–H and O–H groups in total. The number of rotatable bonds is 5. The van der Waals surface area contributed by atoms with Crippen molar-refractivity contribution in [3.05, 3.63) is 59.2 Å². The molecule has 0 heterocycles. The third-order valence-corrected chi connectivity index (χ3v) is 3.16. The first-order valence-electron chi connectivity index (χ1n) is 7.00. The molecule has 21 heavy (non-hydrogen) atoms. The Morgan fingerprint density at radius 2 is 2.00 bits per heavy atom. The zero-order valence-electron chi connectivity index (χ0n) is 12.3. The summed E-state index contributed by atoms with van der Waals surface area (Å²) in [5.74, 6) is -0.321. The van der Waals surface area contributed by atoms with Crippen LogP contribution in [0.25, 0.3) is 0 Å². The van der Waals surface area contributed by atoms with Crippen molar-refractivity contribution in [1.82, 2.24) is 5.32 Å². The van der Waals surface area contributed by atoms with Gasteiger partial charge in [0.25, 0.3) is 5.91 Å². The Hall–Kier alpha value is -2.33.